The van der Waals surface area contributed by atoms with Gasteiger partial charge >= 0.3 is 6.03 Å². The lowest BCUT2D eigenvalue weighted by Gasteiger charge is -2.23. The van der Waals surface area contributed by atoms with Crippen molar-refractivity contribution in [1.82, 2.24) is 15.2 Å². The average Bonchev–Trinajstić information content (AvgIpc) is 2.77. The molecule has 2 rings (SSSR count). The average molecular weight is 297 g/mol. The van der Waals surface area contributed by atoms with Gasteiger partial charge in [0.05, 0.1) is 11.5 Å². The van der Waals surface area contributed by atoms with Gasteiger partial charge in [0.1, 0.15) is 0 Å². The molecule has 1 fully saturated rings. The lowest BCUT2D eigenvalue weighted by atomic mass is 10.2. The second kappa shape index (κ2) is 5.78. The van der Waals surface area contributed by atoms with E-state index in [-0.39, 0.29) is 23.6 Å². The molecule has 1 aromatic heterocycles. The van der Waals surface area contributed by atoms with Gasteiger partial charge in [0.2, 0.25) is 0 Å². The van der Waals surface area contributed by atoms with Crippen LogP contribution in [0.15, 0.2) is 18.3 Å². The first kappa shape index (κ1) is 14.8. The number of nitrogens with one attached hydrogen (secondary N) is 1. The molecule has 0 saturated carbocycles. The van der Waals surface area contributed by atoms with Gasteiger partial charge in [0.15, 0.2) is 9.84 Å². The Labute approximate surface area is 119 Å². The number of aryl methyl sites for hydroxylation is 1. The third-order valence-electron chi connectivity index (χ3n) is 3.49. The molecule has 0 bridgehead atoms. The topological polar surface area (TPSA) is 79.4 Å². The molecule has 7 heteroatoms. The van der Waals surface area contributed by atoms with Crippen molar-refractivity contribution >= 4 is 15.9 Å². The van der Waals surface area contributed by atoms with Crippen LogP contribution in [0.5, 0.6) is 0 Å². The largest absolute Gasteiger partial charge is 0.334 e. The summed E-state index contributed by atoms with van der Waals surface area (Å²) < 4.78 is 22.8. The first-order valence-corrected chi connectivity index (χ1v) is 8.32. The third-order valence-corrected chi connectivity index (χ3v) is 5.24. The van der Waals surface area contributed by atoms with Crippen LogP contribution >= 0.6 is 0 Å². The molecule has 1 aliphatic heterocycles. The second-order valence-corrected chi connectivity index (χ2v) is 7.36. The van der Waals surface area contributed by atoms with Gasteiger partial charge in [-0.3, -0.25) is 4.98 Å². The van der Waals surface area contributed by atoms with E-state index >= 15 is 0 Å². The van der Waals surface area contributed by atoms with Crippen molar-refractivity contribution < 1.29 is 13.2 Å². The molecular formula is C13H19N3O3S. The molecule has 1 N–H and O–H groups in total. The summed E-state index contributed by atoms with van der Waals surface area (Å²) in [7, 11) is -1.34. The highest BCUT2D eigenvalue weighted by Gasteiger charge is 2.32. The maximum atomic E-state index is 12.0. The number of carbonyl (C=O) groups is 1. The number of amides is 2. The van der Waals surface area contributed by atoms with Crippen LogP contribution in [0.1, 0.15) is 17.7 Å². The van der Waals surface area contributed by atoms with E-state index in [2.05, 4.69) is 10.3 Å². The van der Waals surface area contributed by atoms with Crippen molar-refractivity contribution in [3.05, 3.63) is 29.6 Å². The minimum atomic E-state index is -2.98. The van der Waals surface area contributed by atoms with E-state index in [9.17, 15) is 13.2 Å². The number of urea groups is 1. The molecule has 2 heterocycles. The summed E-state index contributed by atoms with van der Waals surface area (Å²) in [4.78, 5) is 17.6. The van der Waals surface area contributed by atoms with Gasteiger partial charge in [-0.05, 0) is 25.0 Å². The summed E-state index contributed by atoms with van der Waals surface area (Å²) in [5.41, 5.74) is 1.84. The van der Waals surface area contributed by atoms with E-state index < -0.39 is 9.84 Å². The minimum Gasteiger partial charge on any atom is -0.334 e. The maximum absolute atomic E-state index is 12.0. The van der Waals surface area contributed by atoms with Gasteiger partial charge < -0.3 is 10.2 Å². The highest BCUT2D eigenvalue weighted by molar-refractivity contribution is 7.91. The Morgan fingerprint density at radius 2 is 2.25 bits per heavy atom. The summed E-state index contributed by atoms with van der Waals surface area (Å²) in [6.45, 7) is 2.28. The summed E-state index contributed by atoms with van der Waals surface area (Å²) in [6.07, 6.45) is 2.23. The molecule has 1 atom stereocenters. The third kappa shape index (κ3) is 3.69. The number of pyridine rings is 1. The molecule has 0 aliphatic carbocycles. The van der Waals surface area contributed by atoms with Crippen LogP contribution in [0.3, 0.4) is 0 Å². The first-order chi connectivity index (χ1) is 9.37. The number of hydrogen-bond acceptors (Lipinski definition) is 4. The molecule has 0 aromatic carbocycles. The van der Waals surface area contributed by atoms with Crippen LogP contribution < -0.4 is 5.32 Å². The molecule has 1 aromatic rings. The first-order valence-electron chi connectivity index (χ1n) is 6.50. The van der Waals surface area contributed by atoms with Crippen LogP contribution in [0.25, 0.3) is 0 Å². The Morgan fingerprint density at radius 1 is 1.50 bits per heavy atom. The van der Waals surface area contributed by atoms with Gasteiger partial charge in [-0.15, -0.1) is 0 Å². The lowest BCUT2D eigenvalue weighted by molar-refractivity contribution is 0.194. The van der Waals surface area contributed by atoms with Crippen LogP contribution in [-0.4, -0.2) is 48.9 Å². The van der Waals surface area contributed by atoms with Crippen molar-refractivity contribution in [3.8, 4) is 0 Å². The van der Waals surface area contributed by atoms with E-state index in [0.717, 1.165) is 11.3 Å². The second-order valence-electron chi connectivity index (χ2n) is 5.13. The van der Waals surface area contributed by atoms with Crippen molar-refractivity contribution in [2.75, 3.05) is 18.6 Å². The molecule has 1 saturated heterocycles. The molecule has 6 nitrogen and oxygen atoms in total. The fourth-order valence-electron chi connectivity index (χ4n) is 2.15. The van der Waals surface area contributed by atoms with Crippen molar-refractivity contribution in [1.29, 1.82) is 0 Å². The van der Waals surface area contributed by atoms with Gasteiger partial charge in [0, 0.05) is 31.5 Å². The van der Waals surface area contributed by atoms with E-state index in [0.29, 0.717) is 13.0 Å². The van der Waals surface area contributed by atoms with E-state index in [4.69, 9.17) is 0 Å². The van der Waals surface area contributed by atoms with Crippen LogP contribution in [-0.2, 0) is 16.4 Å². The highest BCUT2D eigenvalue weighted by Crippen LogP contribution is 2.16. The standard InChI is InChI=1S/C13H19N3O3S/c1-10-3-4-11(7-14-10)8-15-13(17)16(2)12-5-6-20(18,19)9-12/h3-4,7,12H,5-6,8-9H2,1-2H3,(H,15,17). The summed E-state index contributed by atoms with van der Waals surface area (Å²) in [5, 5.41) is 2.77. The van der Waals surface area contributed by atoms with E-state index in [1.54, 1.807) is 13.2 Å². The number of aromatic nitrogens is 1. The zero-order valence-electron chi connectivity index (χ0n) is 11.7. The Hall–Kier alpha value is -1.63. The van der Waals surface area contributed by atoms with Crippen molar-refractivity contribution in [2.24, 2.45) is 0 Å². The van der Waals surface area contributed by atoms with Crippen molar-refractivity contribution in [2.45, 2.75) is 25.9 Å². The quantitative estimate of drug-likeness (QED) is 0.891. The predicted octanol–water partition coefficient (Wildman–Crippen LogP) is 0.719. The van der Waals surface area contributed by atoms with E-state index in [1.807, 2.05) is 19.1 Å². The number of carbonyl (C=O) groups excluding carboxylic acids is 1. The fraction of sp³-hybridized carbons (Fsp3) is 0.538. The molecule has 2 amide bonds. The molecule has 20 heavy (non-hydrogen) atoms. The maximum Gasteiger partial charge on any atom is 0.317 e. The van der Waals surface area contributed by atoms with Crippen molar-refractivity contribution in [3.63, 3.8) is 0 Å². The summed E-state index contributed by atoms with van der Waals surface area (Å²) >= 11 is 0. The monoisotopic (exact) mass is 297 g/mol. The molecule has 1 aliphatic rings. The van der Waals surface area contributed by atoms with Gasteiger partial charge in [0.25, 0.3) is 0 Å². The predicted molar refractivity (Wildman–Crippen MR) is 76.0 cm³/mol. The zero-order valence-corrected chi connectivity index (χ0v) is 12.5. The van der Waals surface area contributed by atoms with Crippen LogP contribution in [0.2, 0.25) is 0 Å². The number of rotatable bonds is 3. The number of sulfone groups is 1. The highest BCUT2D eigenvalue weighted by atomic mass is 32.2. The molecular weight excluding hydrogens is 278 g/mol. The van der Waals surface area contributed by atoms with Gasteiger partial charge in [-0.25, -0.2) is 13.2 Å². The van der Waals surface area contributed by atoms with Gasteiger partial charge in [-0.2, -0.15) is 0 Å². The molecule has 1 unspecified atom stereocenters. The van der Waals surface area contributed by atoms with Gasteiger partial charge in [-0.1, -0.05) is 6.07 Å². The van der Waals surface area contributed by atoms with Crippen LogP contribution in [0, 0.1) is 6.92 Å². The normalized spacial score (nSPS) is 20.6. The Morgan fingerprint density at radius 3 is 2.80 bits per heavy atom. The molecule has 0 radical (unpaired) electrons. The Bertz CT molecular complexity index is 583. The van der Waals surface area contributed by atoms with Crippen LogP contribution in [0.4, 0.5) is 4.79 Å². The zero-order chi connectivity index (χ0) is 14.8. The smallest absolute Gasteiger partial charge is 0.317 e. The Kier molecular flexibility index (Phi) is 4.27. The SMILES string of the molecule is Cc1ccc(CNC(=O)N(C)C2CCS(=O)(=O)C2)cn1. The minimum absolute atomic E-state index is 0.0585. The fourth-order valence-corrected chi connectivity index (χ4v) is 3.93. The van der Waals surface area contributed by atoms with E-state index in [1.165, 1.54) is 4.90 Å². The lowest BCUT2D eigenvalue weighted by Crippen LogP contribution is -2.43. The molecule has 0 spiro atoms. The summed E-state index contributed by atoms with van der Waals surface area (Å²) in [6, 6.07) is 3.31. The number of hydrogen-bond donors (Lipinski definition) is 1. The number of nitrogens with zero attached hydrogens (tertiary/aromatic N) is 2. The molecule has 110 valence electrons. The summed E-state index contributed by atoms with van der Waals surface area (Å²) in [5.74, 6) is 0.222. The Balaban J connectivity index is 1.87.